The number of ketones is 2. The predicted octanol–water partition coefficient (Wildman–Crippen LogP) is 8.42. The fourth-order valence-electron chi connectivity index (χ4n) is 12.7. The number of ether oxygens (including phenoxy) is 1. The van der Waals surface area contributed by atoms with Gasteiger partial charge in [-0.2, -0.15) is 5.10 Å². The molecule has 0 spiro atoms. The average molecular weight is 924 g/mol. The summed E-state index contributed by atoms with van der Waals surface area (Å²) in [6.45, 7) is 7.39. The number of carbonyl (C=O) groups excluding carboxylic acids is 5. The lowest BCUT2D eigenvalue weighted by molar-refractivity contribution is -0.182. The van der Waals surface area contributed by atoms with Crippen molar-refractivity contribution < 1.29 is 33.1 Å². The zero-order valence-electron chi connectivity index (χ0n) is 39.7. The number of hydrogen-bond acceptors (Lipinski definition) is 9. The smallest absolute Gasteiger partial charge is 0.303 e. The van der Waals surface area contributed by atoms with Gasteiger partial charge in [-0.15, -0.1) is 0 Å². The Morgan fingerprint density at radius 2 is 1.62 bits per heavy atom. The van der Waals surface area contributed by atoms with Crippen LogP contribution in [0.3, 0.4) is 0 Å². The lowest BCUT2D eigenvalue weighted by atomic mass is 9.50. The number of hydrogen-bond donors (Lipinski definition) is 1. The Bertz CT molecular complexity index is 2790. The molecule has 0 radical (unpaired) electrons. The Labute approximate surface area is 397 Å². The van der Waals surface area contributed by atoms with Crippen LogP contribution in [0.5, 0.6) is 0 Å². The molecule has 4 aliphatic carbocycles. The zero-order chi connectivity index (χ0) is 47.9. The number of carbonyl (C=O) groups is 5. The monoisotopic (exact) mass is 923 g/mol. The van der Waals surface area contributed by atoms with Gasteiger partial charge in [0.05, 0.1) is 16.6 Å². The minimum absolute atomic E-state index is 0.0253. The van der Waals surface area contributed by atoms with E-state index in [1.807, 2.05) is 18.2 Å². The molecule has 5 aliphatic rings. The summed E-state index contributed by atoms with van der Waals surface area (Å²) in [4.78, 5) is 83.4. The third-order valence-corrected chi connectivity index (χ3v) is 16.2. The van der Waals surface area contributed by atoms with E-state index in [0.717, 1.165) is 57.2 Å². The third kappa shape index (κ3) is 8.73. The first-order valence-electron chi connectivity index (χ1n) is 24.5. The molecule has 3 fully saturated rings. The Morgan fingerprint density at radius 3 is 2.35 bits per heavy atom. The lowest BCUT2D eigenvalue weighted by Crippen LogP contribution is -2.57. The van der Waals surface area contributed by atoms with Gasteiger partial charge in [0.15, 0.2) is 17.2 Å². The zero-order valence-corrected chi connectivity index (χ0v) is 39.7. The largest absolute Gasteiger partial charge is 0.451 e. The van der Waals surface area contributed by atoms with Gasteiger partial charge in [-0.25, -0.2) is 9.49 Å². The maximum atomic E-state index is 15.1. The first-order valence-corrected chi connectivity index (χ1v) is 24.5. The second-order valence-corrected chi connectivity index (χ2v) is 20.0. The van der Waals surface area contributed by atoms with Crippen LogP contribution in [0.15, 0.2) is 94.3 Å². The second kappa shape index (κ2) is 19.0. The summed E-state index contributed by atoms with van der Waals surface area (Å²) in [6, 6.07) is 20.4. The number of aromatic nitrogens is 2. The quantitative estimate of drug-likeness (QED) is 0.103. The number of aromatic amines is 1. The van der Waals surface area contributed by atoms with Crippen molar-refractivity contribution in [2.75, 3.05) is 44.7 Å². The molecule has 0 bridgehead atoms. The van der Waals surface area contributed by atoms with Crippen molar-refractivity contribution in [1.82, 2.24) is 20.0 Å². The van der Waals surface area contributed by atoms with Crippen LogP contribution in [0.25, 0.3) is 10.8 Å². The molecular weight excluding hydrogens is 862 g/mol. The number of H-pyrrole nitrogens is 1. The molecule has 5 atom stereocenters. The van der Waals surface area contributed by atoms with Crippen LogP contribution in [0.1, 0.15) is 124 Å². The second-order valence-electron chi connectivity index (χ2n) is 20.0. The summed E-state index contributed by atoms with van der Waals surface area (Å²) in [5, 5.41) is 7.98. The molecule has 1 aliphatic heterocycles. The number of rotatable bonds is 13. The number of amides is 2. The van der Waals surface area contributed by atoms with Gasteiger partial charge >= 0.3 is 5.97 Å². The van der Waals surface area contributed by atoms with E-state index in [1.54, 1.807) is 41.0 Å². The van der Waals surface area contributed by atoms with E-state index >= 15 is 4.39 Å². The highest BCUT2D eigenvalue weighted by atomic mass is 19.1. The highest BCUT2D eigenvalue weighted by Crippen LogP contribution is 2.68. The van der Waals surface area contributed by atoms with Crippen LogP contribution in [0.2, 0.25) is 0 Å². The number of fused-ring (bicyclic) bond motifs is 5. The number of unbranched alkanes of at least 4 members (excludes halogenated alkanes) is 2. The van der Waals surface area contributed by atoms with Crippen LogP contribution < -0.4 is 10.5 Å². The molecule has 9 rings (SSSR count). The number of halogens is 1. The first-order chi connectivity index (χ1) is 32.7. The number of Topliss-reactive ketones (excluding diaryl/α,β-unsaturated/α-hetero) is 1. The van der Waals surface area contributed by atoms with E-state index in [-0.39, 0.29) is 46.4 Å². The topological polar surface area (TPSA) is 150 Å². The number of esters is 1. The molecular formula is C55H62FN5O7. The first kappa shape index (κ1) is 46.9. The summed E-state index contributed by atoms with van der Waals surface area (Å²) in [5.74, 6) is -0.780. The van der Waals surface area contributed by atoms with Crippen molar-refractivity contribution in [2.45, 2.75) is 109 Å². The Morgan fingerprint density at radius 1 is 0.882 bits per heavy atom. The fourth-order valence-corrected chi connectivity index (χ4v) is 12.7. The van der Waals surface area contributed by atoms with E-state index in [2.05, 4.69) is 53.3 Å². The standard InChI is InChI=1S/C55H62FN5O7/c1-34(62)55(68-35(2)63)24-23-47-44-20-16-38-32-40(64)19-21-41(38)51(44)46(33-54(47,55)3)37-14-17-39(18-15-37)59(4)25-9-5-6-12-50(65)60-26-28-61(29-27-60)53(67)45-30-36(13-22-48(45)56)31-49-42-10-7-8-11-43(42)52(66)58-57-49/h7-8,10-11,13-15,17-18,22,30,32,44,46-47H,5-6,9,12,16,19-21,23-29,31,33H2,1-4H3,(H,58,66)/t44?,46-,47+,54+,55+/m1/s1. The molecule has 356 valence electrons. The van der Waals surface area contributed by atoms with Crippen molar-refractivity contribution in [3.63, 3.8) is 0 Å². The van der Waals surface area contributed by atoms with Crippen molar-refractivity contribution in [3.8, 4) is 0 Å². The molecule has 2 amide bonds. The van der Waals surface area contributed by atoms with Gasteiger partial charge in [-0.05, 0) is 129 Å². The Balaban J connectivity index is 0.775. The number of allylic oxidation sites excluding steroid dienone is 4. The summed E-state index contributed by atoms with van der Waals surface area (Å²) in [6.07, 6.45) is 10.2. The summed E-state index contributed by atoms with van der Waals surface area (Å²) in [5.41, 5.74) is 5.52. The summed E-state index contributed by atoms with van der Waals surface area (Å²) >= 11 is 0. The van der Waals surface area contributed by atoms with Crippen LogP contribution in [-0.4, -0.2) is 94.7 Å². The van der Waals surface area contributed by atoms with E-state index in [9.17, 15) is 28.8 Å². The Kier molecular flexibility index (Phi) is 13.1. The van der Waals surface area contributed by atoms with E-state index in [1.165, 1.54) is 35.3 Å². The molecule has 4 aromatic rings. The van der Waals surface area contributed by atoms with Gasteiger partial charge in [0.2, 0.25) is 5.91 Å². The number of anilines is 1. The fraction of sp³-hybridized carbons (Fsp3) is 0.473. The highest BCUT2D eigenvalue weighted by Gasteiger charge is 2.67. The van der Waals surface area contributed by atoms with Crippen LogP contribution in [0, 0.1) is 23.1 Å². The molecule has 12 nitrogen and oxygen atoms in total. The Hall–Kier alpha value is -6.24. The molecule has 3 aromatic carbocycles. The van der Waals surface area contributed by atoms with E-state index in [0.29, 0.717) is 80.3 Å². The summed E-state index contributed by atoms with van der Waals surface area (Å²) < 4.78 is 21.2. The molecule has 1 N–H and O–H groups in total. The van der Waals surface area contributed by atoms with Crippen molar-refractivity contribution in [3.05, 3.63) is 128 Å². The molecule has 2 saturated carbocycles. The minimum Gasteiger partial charge on any atom is -0.451 e. The van der Waals surface area contributed by atoms with Gasteiger partial charge < -0.3 is 19.4 Å². The van der Waals surface area contributed by atoms with Gasteiger partial charge in [0, 0.05) is 88.4 Å². The number of benzene rings is 3. The van der Waals surface area contributed by atoms with Crippen molar-refractivity contribution >= 4 is 45.8 Å². The lowest BCUT2D eigenvalue weighted by Gasteiger charge is -2.55. The molecule has 13 heteroatoms. The van der Waals surface area contributed by atoms with Gasteiger partial charge in [0.25, 0.3) is 11.5 Å². The summed E-state index contributed by atoms with van der Waals surface area (Å²) in [7, 11) is 2.08. The molecule has 1 aromatic heterocycles. The number of nitrogens with zero attached hydrogens (tertiary/aromatic N) is 4. The van der Waals surface area contributed by atoms with Crippen molar-refractivity contribution in [1.29, 1.82) is 0 Å². The SMILES string of the molecule is CC(=O)O[C@]1(C(C)=O)CC[C@H]2C3CCC4=CC(=O)CCC4=C3[C@@H](c3ccc(N(C)CCCCCC(=O)N4CCN(C(=O)c5cc(Cc6n[nH]c(=O)c7ccccc67)ccc5F)CC4)cc3)C[C@@]21C. The number of nitrogens with one attached hydrogen (secondary N) is 1. The van der Waals surface area contributed by atoms with E-state index < -0.39 is 28.7 Å². The highest BCUT2D eigenvalue weighted by molar-refractivity contribution is 5.95. The number of piperazine rings is 1. The predicted molar refractivity (Wildman–Crippen MR) is 258 cm³/mol. The minimum atomic E-state index is -1.15. The molecule has 1 saturated heterocycles. The van der Waals surface area contributed by atoms with Crippen molar-refractivity contribution in [2.24, 2.45) is 17.3 Å². The van der Waals surface area contributed by atoms with Crippen LogP contribution >= 0.6 is 0 Å². The molecule has 1 unspecified atom stereocenters. The van der Waals surface area contributed by atoms with E-state index in [4.69, 9.17) is 4.74 Å². The third-order valence-electron chi connectivity index (χ3n) is 16.2. The molecule has 2 heterocycles. The maximum Gasteiger partial charge on any atom is 0.303 e. The van der Waals surface area contributed by atoms with Gasteiger partial charge in [-0.3, -0.25) is 28.8 Å². The molecule has 68 heavy (non-hydrogen) atoms. The van der Waals surface area contributed by atoms with Crippen LogP contribution in [0.4, 0.5) is 10.1 Å². The van der Waals surface area contributed by atoms with Crippen LogP contribution in [-0.2, 0) is 30.3 Å². The average Bonchev–Trinajstić information content (AvgIpc) is 3.63. The van der Waals surface area contributed by atoms with Gasteiger partial charge in [-0.1, -0.05) is 55.3 Å². The normalized spacial score (nSPS) is 24.5. The maximum absolute atomic E-state index is 15.1. The van der Waals surface area contributed by atoms with Gasteiger partial charge in [0.1, 0.15) is 5.82 Å².